The molecule has 1 aliphatic heterocycles. The van der Waals surface area contributed by atoms with Crippen LogP contribution in [0.5, 0.6) is 5.75 Å². The maximum absolute atomic E-state index is 12.3. The zero-order chi connectivity index (χ0) is 20.2. The first kappa shape index (κ1) is 19.1. The number of carbonyl (C=O) groups is 1. The lowest BCUT2D eigenvalue weighted by Gasteiger charge is -2.12. The Morgan fingerprint density at radius 2 is 1.97 bits per heavy atom. The predicted molar refractivity (Wildman–Crippen MR) is 110 cm³/mol. The van der Waals surface area contributed by atoms with Gasteiger partial charge < -0.3 is 14.8 Å². The fourth-order valence-corrected chi connectivity index (χ4v) is 3.45. The molecule has 1 amide bonds. The fraction of sp³-hybridized carbons (Fsp3) is 0.318. The number of nitrogens with zero attached hydrogens (tertiary/aromatic N) is 2. The number of hydrogen-bond acceptors (Lipinski definition) is 5. The normalized spacial score (nSPS) is 16.1. The molecule has 1 fully saturated rings. The Bertz CT molecular complexity index is 1070. The highest BCUT2D eigenvalue weighted by Crippen LogP contribution is 2.26. The van der Waals surface area contributed by atoms with E-state index in [1.54, 1.807) is 25.2 Å². The number of aryl methyl sites for hydroxylation is 1. The molecule has 1 atom stereocenters. The van der Waals surface area contributed by atoms with E-state index in [-0.39, 0.29) is 24.2 Å². The molecule has 7 heteroatoms. The Morgan fingerprint density at radius 3 is 2.69 bits per heavy atom. The third-order valence-electron chi connectivity index (χ3n) is 5.01. The van der Waals surface area contributed by atoms with Crippen LogP contribution in [0.25, 0.3) is 22.0 Å². The highest BCUT2D eigenvalue weighted by molar-refractivity contribution is 5.93. The monoisotopic (exact) mass is 393 g/mol. The number of aromatic nitrogens is 2. The van der Waals surface area contributed by atoms with Crippen molar-refractivity contribution in [2.24, 2.45) is 7.05 Å². The van der Waals surface area contributed by atoms with Gasteiger partial charge in [0.05, 0.1) is 17.2 Å². The van der Waals surface area contributed by atoms with Crippen LogP contribution in [0.15, 0.2) is 53.3 Å². The topological polar surface area (TPSA) is 82.5 Å². The summed E-state index contributed by atoms with van der Waals surface area (Å²) in [5, 5.41) is 8.69. The van der Waals surface area contributed by atoms with E-state index in [9.17, 15) is 9.59 Å². The van der Waals surface area contributed by atoms with Gasteiger partial charge in [0.2, 0.25) is 0 Å². The standard InChI is InChI=1S/C22H23N3O4/c1-25-22(27)19-7-3-2-6-18(19)21(24-25)15-8-10-16(11-9-15)29-14-20(26)23-13-17-5-4-12-28-17/h2-3,6-11,17H,4-5,12-14H2,1H3,(H,23,26)/t17-/m1/s1. The largest absolute Gasteiger partial charge is 0.484 e. The molecular formula is C22H23N3O4. The Kier molecular flexibility index (Phi) is 5.57. The van der Waals surface area contributed by atoms with Gasteiger partial charge >= 0.3 is 0 Å². The van der Waals surface area contributed by atoms with Gasteiger partial charge in [-0.1, -0.05) is 18.2 Å². The molecule has 1 aromatic heterocycles. The van der Waals surface area contributed by atoms with Gasteiger partial charge in [0, 0.05) is 31.1 Å². The van der Waals surface area contributed by atoms with Crippen LogP contribution in [-0.4, -0.2) is 41.6 Å². The van der Waals surface area contributed by atoms with Gasteiger partial charge in [0.25, 0.3) is 11.5 Å². The van der Waals surface area contributed by atoms with Gasteiger partial charge in [-0.3, -0.25) is 9.59 Å². The van der Waals surface area contributed by atoms with Crippen LogP contribution in [0.4, 0.5) is 0 Å². The number of benzene rings is 2. The zero-order valence-electron chi connectivity index (χ0n) is 16.3. The summed E-state index contributed by atoms with van der Waals surface area (Å²) in [7, 11) is 1.64. The van der Waals surface area contributed by atoms with E-state index in [0.29, 0.717) is 17.7 Å². The summed E-state index contributed by atoms with van der Waals surface area (Å²) in [6.07, 6.45) is 2.14. The fourth-order valence-electron chi connectivity index (χ4n) is 3.45. The summed E-state index contributed by atoms with van der Waals surface area (Å²) >= 11 is 0. The first-order chi connectivity index (χ1) is 14.1. The van der Waals surface area contributed by atoms with Crippen molar-refractivity contribution < 1.29 is 14.3 Å². The third kappa shape index (κ3) is 4.30. The van der Waals surface area contributed by atoms with Crippen molar-refractivity contribution in [2.75, 3.05) is 19.8 Å². The van der Waals surface area contributed by atoms with E-state index < -0.39 is 0 Å². The van der Waals surface area contributed by atoms with E-state index in [4.69, 9.17) is 9.47 Å². The Labute approximate surface area is 168 Å². The summed E-state index contributed by atoms with van der Waals surface area (Å²) in [5.41, 5.74) is 1.47. The molecule has 2 heterocycles. The lowest BCUT2D eigenvalue weighted by atomic mass is 10.1. The second kappa shape index (κ2) is 8.45. The van der Waals surface area contributed by atoms with Crippen LogP contribution in [-0.2, 0) is 16.6 Å². The maximum atomic E-state index is 12.3. The van der Waals surface area contributed by atoms with Gasteiger partial charge in [-0.15, -0.1) is 0 Å². The molecule has 0 radical (unpaired) electrons. The van der Waals surface area contributed by atoms with Gasteiger partial charge in [-0.25, -0.2) is 4.68 Å². The van der Waals surface area contributed by atoms with Crippen LogP contribution in [0.3, 0.4) is 0 Å². The highest BCUT2D eigenvalue weighted by atomic mass is 16.5. The van der Waals surface area contributed by atoms with Gasteiger partial charge in [-0.2, -0.15) is 5.10 Å². The lowest BCUT2D eigenvalue weighted by molar-refractivity contribution is -0.123. The van der Waals surface area contributed by atoms with Crippen molar-refractivity contribution >= 4 is 16.7 Å². The molecule has 0 bridgehead atoms. The van der Waals surface area contributed by atoms with Crippen LogP contribution in [0, 0.1) is 0 Å². The quantitative estimate of drug-likeness (QED) is 0.695. The van der Waals surface area contributed by atoms with Gasteiger partial charge in [0.15, 0.2) is 6.61 Å². The van der Waals surface area contributed by atoms with Crippen molar-refractivity contribution in [3.8, 4) is 17.0 Å². The molecule has 7 nitrogen and oxygen atoms in total. The molecule has 3 aromatic rings. The summed E-state index contributed by atoms with van der Waals surface area (Å²) in [5.74, 6) is 0.422. The average Bonchev–Trinajstić information content (AvgIpc) is 3.27. The van der Waals surface area contributed by atoms with Gasteiger partial charge in [0.1, 0.15) is 5.75 Å². The van der Waals surface area contributed by atoms with Crippen molar-refractivity contribution in [3.05, 3.63) is 58.9 Å². The first-order valence-corrected chi connectivity index (χ1v) is 9.69. The van der Waals surface area contributed by atoms with E-state index in [2.05, 4.69) is 10.4 Å². The number of hydrogen-bond donors (Lipinski definition) is 1. The first-order valence-electron chi connectivity index (χ1n) is 9.69. The number of ether oxygens (including phenoxy) is 2. The van der Waals surface area contributed by atoms with Crippen molar-refractivity contribution in [2.45, 2.75) is 18.9 Å². The predicted octanol–water partition coefficient (Wildman–Crippen LogP) is 2.27. The molecule has 1 saturated heterocycles. The van der Waals surface area contributed by atoms with Crippen molar-refractivity contribution in [3.63, 3.8) is 0 Å². The van der Waals surface area contributed by atoms with E-state index in [0.717, 1.165) is 36.1 Å². The minimum atomic E-state index is -0.171. The highest BCUT2D eigenvalue weighted by Gasteiger charge is 2.16. The Hall–Kier alpha value is -3.19. The molecule has 1 N–H and O–H groups in total. The van der Waals surface area contributed by atoms with Crippen LogP contribution >= 0.6 is 0 Å². The van der Waals surface area contributed by atoms with Crippen LogP contribution in [0.2, 0.25) is 0 Å². The molecule has 29 heavy (non-hydrogen) atoms. The van der Waals surface area contributed by atoms with Crippen molar-refractivity contribution in [1.82, 2.24) is 15.1 Å². The van der Waals surface area contributed by atoms with Gasteiger partial charge in [-0.05, 0) is 43.2 Å². The number of carbonyl (C=O) groups excluding carboxylic acids is 1. The number of nitrogens with one attached hydrogen (secondary N) is 1. The second-order valence-corrected chi connectivity index (χ2v) is 7.08. The van der Waals surface area contributed by atoms with E-state index in [1.165, 1.54) is 4.68 Å². The molecule has 0 spiro atoms. The molecule has 1 aliphatic rings. The minimum absolute atomic E-state index is 0.0485. The minimum Gasteiger partial charge on any atom is -0.484 e. The molecule has 2 aromatic carbocycles. The molecule has 0 saturated carbocycles. The second-order valence-electron chi connectivity index (χ2n) is 7.08. The third-order valence-corrected chi connectivity index (χ3v) is 5.01. The number of rotatable bonds is 6. The Balaban J connectivity index is 1.43. The summed E-state index contributed by atoms with van der Waals surface area (Å²) in [6.45, 7) is 1.24. The number of amides is 1. The van der Waals surface area contributed by atoms with Crippen molar-refractivity contribution in [1.29, 1.82) is 0 Å². The lowest BCUT2D eigenvalue weighted by Crippen LogP contribution is -2.35. The summed E-state index contributed by atoms with van der Waals surface area (Å²) in [4.78, 5) is 24.2. The molecule has 4 rings (SSSR count). The maximum Gasteiger partial charge on any atom is 0.274 e. The smallest absolute Gasteiger partial charge is 0.274 e. The van der Waals surface area contributed by atoms with Crippen LogP contribution < -0.4 is 15.6 Å². The SMILES string of the molecule is Cn1nc(-c2ccc(OCC(=O)NC[C@H]3CCCO3)cc2)c2ccccc2c1=O. The molecule has 0 aliphatic carbocycles. The average molecular weight is 393 g/mol. The van der Waals surface area contributed by atoms with E-state index >= 15 is 0 Å². The zero-order valence-corrected chi connectivity index (χ0v) is 16.3. The summed E-state index contributed by atoms with van der Waals surface area (Å²) < 4.78 is 12.4. The van der Waals surface area contributed by atoms with Crippen LogP contribution in [0.1, 0.15) is 12.8 Å². The Morgan fingerprint density at radius 1 is 1.21 bits per heavy atom. The van der Waals surface area contributed by atoms with E-state index in [1.807, 2.05) is 30.3 Å². The molecule has 150 valence electrons. The number of fused-ring (bicyclic) bond motifs is 1. The molecular weight excluding hydrogens is 370 g/mol. The summed E-state index contributed by atoms with van der Waals surface area (Å²) in [6, 6.07) is 14.8. The molecule has 0 unspecified atom stereocenters.